The van der Waals surface area contributed by atoms with Gasteiger partial charge in [0.1, 0.15) is 17.3 Å². The van der Waals surface area contributed by atoms with Gasteiger partial charge in [0.2, 0.25) is 0 Å². The molecule has 11 heteroatoms. The third kappa shape index (κ3) is 8.68. The summed E-state index contributed by atoms with van der Waals surface area (Å²) < 4.78 is 64.4. The molecule has 0 spiro atoms. The summed E-state index contributed by atoms with van der Waals surface area (Å²) in [4.78, 5) is 0. The number of benzene rings is 2. The summed E-state index contributed by atoms with van der Waals surface area (Å²) in [6.45, 7) is 31.1. The van der Waals surface area contributed by atoms with Crippen molar-refractivity contribution in [2.75, 3.05) is 13.2 Å². The van der Waals surface area contributed by atoms with Gasteiger partial charge in [0, 0.05) is 38.7 Å². The molecule has 7 aliphatic rings. The minimum absolute atomic E-state index is 0.00914. The minimum atomic E-state index is -2.65. The lowest BCUT2D eigenvalue weighted by molar-refractivity contribution is -0.351. The molecule has 7 aliphatic heterocycles. The minimum Gasteiger partial charge on any atom is -0.411 e. The predicted molar refractivity (Wildman–Crippen MR) is 266 cm³/mol. The van der Waals surface area contributed by atoms with Crippen molar-refractivity contribution in [1.82, 2.24) is 0 Å². The Labute approximate surface area is 399 Å². The Morgan fingerprint density at radius 3 is 2.03 bits per heavy atom. The van der Waals surface area contributed by atoms with Crippen LogP contribution in [0.4, 0.5) is 0 Å². The van der Waals surface area contributed by atoms with Gasteiger partial charge in [-0.2, -0.15) is 0 Å². The number of hydrogen-bond acceptors (Lipinski definition) is 9. The van der Waals surface area contributed by atoms with Crippen LogP contribution in [0.5, 0.6) is 0 Å². The summed E-state index contributed by atoms with van der Waals surface area (Å²) in [5.41, 5.74) is -0.944. The Kier molecular flexibility index (Phi) is 13.1. The molecule has 0 unspecified atom stereocenters. The molecule has 2 aromatic carbocycles. The quantitative estimate of drug-likeness (QED) is 0.139. The van der Waals surface area contributed by atoms with Crippen LogP contribution in [0.25, 0.3) is 0 Å². The second-order valence-electron chi connectivity index (χ2n) is 24.3. The highest BCUT2D eigenvalue weighted by molar-refractivity contribution is 6.99. The van der Waals surface area contributed by atoms with Crippen molar-refractivity contribution in [2.24, 2.45) is 0 Å². The van der Waals surface area contributed by atoms with Crippen LogP contribution in [0, 0.1) is 0 Å². The third-order valence-corrected chi connectivity index (χ3v) is 27.2. The summed E-state index contributed by atoms with van der Waals surface area (Å²) in [6.07, 6.45) is 11.6. The summed E-state index contributed by atoms with van der Waals surface area (Å²) >= 11 is 0. The van der Waals surface area contributed by atoms with Gasteiger partial charge in [-0.05, 0) is 93.0 Å². The summed E-state index contributed by atoms with van der Waals surface area (Å²) in [7, 11) is -4.87. The van der Waals surface area contributed by atoms with E-state index in [1.165, 1.54) is 15.9 Å². The third-order valence-electron chi connectivity index (χ3n) is 17.7. The van der Waals surface area contributed by atoms with Crippen LogP contribution in [0.15, 0.2) is 84.5 Å². The molecular weight excluding hydrogens is 861 g/mol. The van der Waals surface area contributed by atoms with Gasteiger partial charge in [-0.25, -0.2) is 0 Å². The monoisotopic (exact) mass is 943 g/mol. The van der Waals surface area contributed by atoms with E-state index in [-0.39, 0.29) is 71.1 Å². The Hall–Kier alpha value is -2.01. The maximum atomic E-state index is 7.47. The first-order valence-electron chi connectivity index (χ1n) is 25.4. The highest BCUT2D eigenvalue weighted by Crippen LogP contribution is 2.54. The zero-order valence-corrected chi connectivity index (χ0v) is 44.5. The van der Waals surface area contributed by atoms with Crippen LogP contribution in [-0.2, 0) is 42.0 Å². The molecule has 0 saturated carbocycles. The molecule has 0 bridgehead atoms. The summed E-state index contributed by atoms with van der Waals surface area (Å²) in [5.74, 6) is 0. The number of ether oxygens (including phenoxy) is 7. The molecule has 5 saturated heterocycles. The van der Waals surface area contributed by atoms with E-state index in [9.17, 15) is 0 Å². The lowest BCUT2D eigenvalue weighted by Crippen LogP contribution is -2.71. The first kappa shape index (κ1) is 49.0. The van der Waals surface area contributed by atoms with Crippen molar-refractivity contribution in [3.05, 3.63) is 84.5 Å². The molecule has 0 N–H and O–H groups in total. The zero-order valence-electron chi connectivity index (χ0n) is 42.5. The van der Waals surface area contributed by atoms with E-state index in [0.717, 1.165) is 51.4 Å². The molecule has 0 aliphatic carbocycles. The molecular formula is C55H82O9Si2. The molecule has 5 fully saturated rings. The lowest BCUT2D eigenvalue weighted by Gasteiger charge is -2.61. The predicted octanol–water partition coefficient (Wildman–Crippen LogP) is 10.1. The van der Waals surface area contributed by atoms with Gasteiger partial charge in [0.25, 0.3) is 8.32 Å². The van der Waals surface area contributed by atoms with Crippen LogP contribution in [0.3, 0.4) is 0 Å². The number of rotatable bonds is 9. The van der Waals surface area contributed by atoms with Gasteiger partial charge >= 0.3 is 0 Å². The molecule has 9 rings (SSSR count). The molecule has 0 amide bonds. The van der Waals surface area contributed by atoms with Gasteiger partial charge in [0.15, 0.2) is 8.32 Å². The van der Waals surface area contributed by atoms with Crippen molar-refractivity contribution < 1.29 is 42.0 Å². The number of hydrogen-bond donors (Lipinski definition) is 0. The fraction of sp³-hybridized carbons (Fsp3) is 0.709. The van der Waals surface area contributed by atoms with Gasteiger partial charge in [-0.15, -0.1) is 0 Å². The van der Waals surface area contributed by atoms with Crippen LogP contribution in [-0.4, -0.2) is 113 Å². The number of fused-ring (bicyclic) bond motifs is 6. The Balaban J connectivity index is 0.924. The van der Waals surface area contributed by atoms with Gasteiger partial charge < -0.3 is 42.0 Å². The van der Waals surface area contributed by atoms with Gasteiger partial charge in [0.05, 0.1) is 72.7 Å². The topological polar surface area (TPSA) is 83.1 Å². The van der Waals surface area contributed by atoms with Crippen LogP contribution in [0.2, 0.25) is 23.2 Å². The summed E-state index contributed by atoms with van der Waals surface area (Å²) in [6, 6.07) is 21.9. The van der Waals surface area contributed by atoms with Crippen LogP contribution in [0.1, 0.15) is 128 Å². The first-order valence-corrected chi connectivity index (χ1v) is 30.2. The maximum absolute atomic E-state index is 7.47. The highest BCUT2D eigenvalue weighted by Gasteiger charge is 2.63. The Morgan fingerprint density at radius 2 is 1.38 bits per heavy atom. The van der Waals surface area contributed by atoms with Gasteiger partial charge in [-0.1, -0.05) is 120 Å². The smallest absolute Gasteiger partial charge is 0.261 e. The van der Waals surface area contributed by atoms with Crippen molar-refractivity contribution in [3.63, 3.8) is 0 Å². The van der Waals surface area contributed by atoms with Crippen molar-refractivity contribution in [2.45, 2.75) is 234 Å². The second kappa shape index (κ2) is 17.7. The molecule has 66 heavy (non-hydrogen) atoms. The van der Waals surface area contributed by atoms with Crippen LogP contribution < -0.4 is 10.4 Å². The normalized spacial score (nSPS) is 41.0. The maximum Gasteiger partial charge on any atom is 0.261 e. The average Bonchev–Trinajstić information content (AvgIpc) is 3.23. The lowest BCUT2D eigenvalue weighted by atomic mass is 9.71. The molecule has 364 valence electrons. The van der Waals surface area contributed by atoms with Crippen molar-refractivity contribution in [3.8, 4) is 0 Å². The molecule has 0 aromatic heterocycles. The Morgan fingerprint density at radius 1 is 0.697 bits per heavy atom. The standard InChI is InChI=1S/C55H82O9Si2/c1-37-28-31-56-46-35-45-53(9,64-54(37,46)10)36-49-52(8,62-45)29-20-27-41-42(60-49)33-44-43(59-41)34-47-55(11,61-44)48(63-65(12,13)50(2,3)4)32-38(58-47)22-21-30-57-66(51(5,6)7,39-23-16-14-17-24-39)40-25-18-15-19-26-40/h14-20,23-28,38,41-49H,21-22,29-36H2,1-13H3/b27-20-/t38-,41-,42+,43+,44-,45-,46+,47-,48+,49-,52+,53+,54-,55-/m1/s1. The second-order valence-corrected chi connectivity index (χ2v) is 33.4. The molecule has 2 aromatic rings. The van der Waals surface area contributed by atoms with E-state index < -0.39 is 39.0 Å². The van der Waals surface area contributed by atoms with Crippen LogP contribution >= 0.6 is 0 Å². The fourth-order valence-corrected chi connectivity index (χ4v) is 18.5. The summed E-state index contributed by atoms with van der Waals surface area (Å²) in [5, 5.41) is 2.58. The zero-order chi connectivity index (χ0) is 47.1. The molecule has 7 heterocycles. The van der Waals surface area contributed by atoms with E-state index in [1.54, 1.807) is 0 Å². The largest absolute Gasteiger partial charge is 0.411 e. The van der Waals surface area contributed by atoms with E-state index in [2.05, 4.69) is 168 Å². The highest BCUT2D eigenvalue weighted by atomic mass is 28.4. The van der Waals surface area contributed by atoms with Crippen molar-refractivity contribution >= 4 is 27.0 Å². The Bertz CT molecular complexity index is 2040. The first-order chi connectivity index (χ1) is 31.0. The molecule has 14 atom stereocenters. The fourth-order valence-electron chi connectivity index (χ4n) is 12.5. The van der Waals surface area contributed by atoms with E-state index in [0.29, 0.717) is 13.2 Å². The molecule has 0 radical (unpaired) electrons. The SMILES string of the molecule is CC1=CCO[C@H]2C[C@H]3O[C@@]4(C)C/C=C\[C@H]5O[C@H]6C[C@H]7O[C@H](CCCO[Si](c8ccccc8)(c8ccccc8)C(C)(C)C)C[C@H](O[Si](C)(C)C(C)(C)C)[C@]7(C)O[C@@H]6C[C@@H]5O[C@@H]4C[C@]3(C)O[C@]12C. The molecule has 9 nitrogen and oxygen atoms in total. The average molecular weight is 943 g/mol. The van der Waals surface area contributed by atoms with Gasteiger partial charge in [-0.3, -0.25) is 0 Å². The van der Waals surface area contributed by atoms with E-state index >= 15 is 0 Å². The van der Waals surface area contributed by atoms with E-state index in [1.807, 2.05) is 0 Å². The van der Waals surface area contributed by atoms with E-state index in [4.69, 9.17) is 42.0 Å². The van der Waals surface area contributed by atoms with Crippen molar-refractivity contribution in [1.29, 1.82) is 0 Å².